The average Bonchev–Trinajstić information content (AvgIpc) is 3.16. The molecule has 0 amide bonds. The van der Waals surface area contributed by atoms with E-state index in [1.807, 2.05) is 39.0 Å². The molecular formula is C17H20N2O5. The van der Waals surface area contributed by atoms with Gasteiger partial charge in [0.15, 0.2) is 18.2 Å². The fourth-order valence-electron chi connectivity index (χ4n) is 3.41. The van der Waals surface area contributed by atoms with Crippen LogP contribution in [0.1, 0.15) is 29.9 Å². The van der Waals surface area contributed by atoms with Gasteiger partial charge in [0, 0.05) is 12.5 Å². The molecule has 0 radical (unpaired) electrons. The van der Waals surface area contributed by atoms with Gasteiger partial charge in [0.05, 0.1) is 5.52 Å². The molecule has 7 nitrogen and oxygen atoms in total. The molecule has 0 saturated carbocycles. The van der Waals surface area contributed by atoms with Gasteiger partial charge < -0.3 is 18.9 Å². The number of Topliss-reactive ketones (excluding diaryl/α,β-unsaturated/α-hetero) is 1. The van der Waals surface area contributed by atoms with Crippen LogP contribution in [0.4, 0.5) is 0 Å². The number of hydrogen-bond donors (Lipinski definition) is 1. The predicted octanol–water partition coefficient (Wildman–Crippen LogP) is 1.95. The zero-order chi connectivity index (χ0) is 17.1. The molecule has 1 aromatic heterocycles. The van der Waals surface area contributed by atoms with E-state index in [1.165, 1.54) is 7.11 Å². The molecule has 4 unspecified atom stereocenters. The Morgan fingerprint density at radius 3 is 2.79 bits per heavy atom. The van der Waals surface area contributed by atoms with Gasteiger partial charge in [-0.3, -0.25) is 9.89 Å². The van der Waals surface area contributed by atoms with Crippen molar-refractivity contribution in [3.63, 3.8) is 0 Å². The number of aromatic nitrogens is 2. The van der Waals surface area contributed by atoms with Crippen molar-refractivity contribution in [2.24, 2.45) is 0 Å². The summed E-state index contributed by atoms with van der Waals surface area (Å²) < 4.78 is 22.8. The number of aryl methyl sites for hydroxylation is 1. The standard InChI is InChI=1S/C17H20N2O5/c1-8-5-6-10-9(7-8)11(19-18-10)12(20)13-14-15(16(21-4)22-13)24-17(2,3)23-14/h5-7,13-16H,1-4H3,(H,18,19). The Morgan fingerprint density at radius 2 is 2.04 bits per heavy atom. The molecule has 4 rings (SSSR count). The van der Waals surface area contributed by atoms with E-state index < -0.39 is 30.4 Å². The average molecular weight is 332 g/mol. The quantitative estimate of drug-likeness (QED) is 0.865. The molecule has 1 aromatic carbocycles. The summed E-state index contributed by atoms with van der Waals surface area (Å²) in [6.45, 7) is 5.60. The lowest BCUT2D eigenvalue weighted by atomic mass is 10.0. The second-order valence-electron chi connectivity index (χ2n) is 6.71. The number of hydrogen-bond acceptors (Lipinski definition) is 6. The van der Waals surface area contributed by atoms with Crippen LogP contribution in [0.2, 0.25) is 0 Å². The van der Waals surface area contributed by atoms with Crippen molar-refractivity contribution in [2.75, 3.05) is 7.11 Å². The zero-order valence-electron chi connectivity index (χ0n) is 14.0. The molecular weight excluding hydrogens is 312 g/mol. The second-order valence-corrected chi connectivity index (χ2v) is 6.71. The molecule has 0 aliphatic carbocycles. The Kier molecular flexibility index (Phi) is 3.50. The zero-order valence-corrected chi connectivity index (χ0v) is 14.0. The van der Waals surface area contributed by atoms with Crippen molar-refractivity contribution in [1.82, 2.24) is 10.2 Å². The smallest absolute Gasteiger partial charge is 0.215 e. The number of carbonyl (C=O) groups excluding carboxylic acids is 1. The molecule has 0 spiro atoms. The van der Waals surface area contributed by atoms with Gasteiger partial charge in [-0.05, 0) is 32.9 Å². The van der Waals surface area contributed by atoms with E-state index in [1.54, 1.807) is 0 Å². The summed E-state index contributed by atoms with van der Waals surface area (Å²) in [5, 5.41) is 7.86. The van der Waals surface area contributed by atoms with E-state index in [4.69, 9.17) is 18.9 Å². The summed E-state index contributed by atoms with van der Waals surface area (Å²) in [5.74, 6) is -1.01. The van der Waals surface area contributed by atoms with E-state index >= 15 is 0 Å². The van der Waals surface area contributed by atoms with E-state index in [9.17, 15) is 4.79 Å². The van der Waals surface area contributed by atoms with Crippen LogP contribution in [-0.2, 0) is 18.9 Å². The maximum absolute atomic E-state index is 13.0. The number of methoxy groups -OCH3 is 1. The largest absolute Gasteiger partial charge is 0.353 e. The highest BCUT2D eigenvalue weighted by atomic mass is 16.8. The van der Waals surface area contributed by atoms with E-state index in [0.717, 1.165) is 16.5 Å². The van der Waals surface area contributed by atoms with Crippen LogP contribution in [0, 0.1) is 6.92 Å². The van der Waals surface area contributed by atoms with Gasteiger partial charge in [-0.15, -0.1) is 0 Å². The maximum atomic E-state index is 13.0. The lowest BCUT2D eigenvalue weighted by Crippen LogP contribution is -2.36. The summed E-state index contributed by atoms with van der Waals surface area (Å²) in [5.41, 5.74) is 2.22. The molecule has 2 saturated heterocycles. The molecule has 2 aliphatic heterocycles. The number of nitrogens with zero attached hydrogens (tertiary/aromatic N) is 1. The normalized spacial score (nSPS) is 31.5. The summed E-state index contributed by atoms with van der Waals surface area (Å²) in [7, 11) is 1.52. The fraction of sp³-hybridized carbons (Fsp3) is 0.529. The lowest BCUT2D eigenvalue weighted by Gasteiger charge is -2.22. The molecule has 2 aromatic rings. The number of ether oxygens (including phenoxy) is 4. The molecule has 7 heteroatoms. The number of H-pyrrole nitrogens is 1. The number of fused-ring (bicyclic) bond motifs is 2. The van der Waals surface area contributed by atoms with Crippen molar-refractivity contribution in [1.29, 1.82) is 0 Å². The molecule has 128 valence electrons. The van der Waals surface area contributed by atoms with Gasteiger partial charge in [-0.25, -0.2) is 0 Å². The van der Waals surface area contributed by atoms with Crippen molar-refractivity contribution >= 4 is 16.7 Å². The number of nitrogens with one attached hydrogen (secondary N) is 1. The number of ketones is 1. The predicted molar refractivity (Wildman–Crippen MR) is 84.7 cm³/mol. The first-order valence-corrected chi connectivity index (χ1v) is 7.92. The van der Waals surface area contributed by atoms with Crippen LogP contribution in [0.5, 0.6) is 0 Å². The third kappa shape index (κ3) is 2.36. The Hall–Kier alpha value is -1.80. The van der Waals surface area contributed by atoms with Gasteiger partial charge in [0.1, 0.15) is 17.9 Å². The minimum atomic E-state index is -0.811. The van der Waals surface area contributed by atoms with Gasteiger partial charge in [-0.1, -0.05) is 11.6 Å². The van der Waals surface area contributed by atoms with Crippen LogP contribution in [-0.4, -0.2) is 53.5 Å². The van der Waals surface area contributed by atoms with E-state index in [2.05, 4.69) is 10.2 Å². The number of benzene rings is 1. The molecule has 1 N–H and O–H groups in total. The van der Waals surface area contributed by atoms with Gasteiger partial charge >= 0.3 is 0 Å². The summed E-state index contributed by atoms with van der Waals surface area (Å²) in [4.78, 5) is 13.0. The fourth-order valence-corrected chi connectivity index (χ4v) is 3.41. The minimum absolute atomic E-state index is 0.234. The molecule has 2 aliphatic rings. The van der Waals surface area contributed by atoms with Gasteiger partial charge in [0.25, 0.3) is 0 Å². The van der Waals surface area contributed by atoms with Gasteiger partial charge in [0.2, 0.25) is 5.78 Å². The number of carbonyl (C=O) groups is 1. The highest BCUT2D eigenvalue weighted by Gasteiger charge is 2.58. The first-order chi connectivity index (χ1) is 11.4. The SMILES string of the molecule is COC1OC(C(=O)c2n[nH]c3ccc(C)cc23)C2OC(C)(C)OC12. The number of rotatable bonds is 3. The minimum Gasteiger partial charge on any atom is -0.353 e. The Bertz CT molecular complexity index is 799. The van der Waals surface area contributed by atoms with Crippen LogP contribution >= 0.6 is 0 Å². The van der Waals surface area contributed by atoms with Crippen molar-refractivity contribution in [3.05, 3.63) is 29.5 Å². The van der Waals surface area contributed by atoms with E-state index in [-0.39, 0.29) is 5.78 Å². The van der Waals surface area contributed by atoms with Crippen LogP contribution in [0.25, 0.3) is 10.9 Å². The van der Waals surface area contributed by atoms with Crippen molar-refractivity contribution < 1.29 is 23.7 Å². The van der Waals surface area contributed by atoms with Gasteiger partial charge in [-0.2, -0.15) is 5.10 Å². The third-order valence-electron chi connectivity index (χ3n) is 4.45. The first kappa shape index (κ1) is 15.7. The van der Waals surface area contributed by atoms with Crippen LogP contribution in [0.3, 0.4) is 0 Å². The topological polar surface area (TPSA) is 82.7 Å². The molecule has 4 atom stereocenters. The van der Waals surface area contributed by atoms with Crippen molar-refractivity contribution in [3.8, 4) is 0 Å². The molecule has 3 heterocycles. The summed E-state index contributed by atoms with van der Waals surface area (Å²) >= 11 is 0. The third-order valence-corrected chi connectivity index (χ3v) is 4.45. The number of aromatic amines is 1. The molecule has 0 bridgehead atoms. The lowest BCUT2D eigenvalue weighted by molar-refractivity contribution is -0.220. The summed E-state index contributed by atoms with van der Waals surface area (Å²) in [6.07, 6.45) is -2.41. The highest BCUT2D eigenvalue weighted by Crippen LogP contribution is 2.40. The highest BCUT2D eigenvalue weighted by molar-refractivity contribution is 6.08. The second kappa shape index (κ2) is 5.35. The molecule has 2 fully saturated rings. The maximum Gasteiger partial charge on any atom is 0.215 e. The Balaban J connectivity index is 1.70. The van der Waals surface area contributed by atoms with Crippen LogP contribution in [0.15, 0.2) is 18.2 Å². The van der Waals surface area contributed by atoms with Crippen molar-refractivity contribution in [2.45, 2.75) is 51.2 Å². The molecule has 24 heavy (non-hydrogen) atoms. The Labute approximate surface area is 139 Å². The Morgan fingerprint density at radius 1 is 1.29 bits per heavy atom. The first-order valence-electron chi connectivity index (χ1n) is 7.92. The monoisotopic (exact) mass is 332 g/mol. The van der Waals surface area contributed by atoms with E-state index in [0.29, 0.717) is 5.69 Å². The summed E-state index contributed by atoms with van der Waals surface area (Å²) in [6, 6.07) is 5.81. The van der Waals surface area contributed by atoms with Crippen LogP contribution < -0.4 is 0 Å².